The van der Waals surface area contributed by atoms with Gasteiger partial charge in [-0.15, -0.1) is 23.4 Å². The molecule has 0 unspecified atom stereocenters. The zero-order chi connectivity index (χ0) is 20.0. The van der Waals surface area contributed by atoms with Gasteiger partial charge in [0.1, 0.15) is 0 Å². The second kappa shape index (κ2) is 9.04. The highest BCUT2D eigenvalue weighted by Crippen LogP contribution is 2.29. The molecule has 0 radical (unpaired) electrons. The highest BCUT2D eigenvalue weighted by molar-refractivity contribution is 8.00. The Kier molecular flexibility index (Phi) is 7.02. The molecule has 2 rings (SSSR count). The summed E-state index contributed by atoms with van der Waals surface area (Å²) in [6.07, 6.45) is 3.47. The van der Waals surface area contributed by atoms with Crippen molar-refractivity contribution in [1.29, 1.82) is 0 Å². The van der Waals surface area contributed by atoms with Gasteiger partial charge in [0.25, 0.3) is 0 Å². The molecule has 2 aromatic rings. The number of nitrogens with one attached hydrogen (secondary N) is 1. The summed E-state index contributed by atoms with van der Waals surface area (Å²) >= 11 is 1.39. The molecule has 1 aromatic heterocycles. The molecule has 0 saturated carbocycles. The van der Waals surface area contributed by atoms with Gasteiger partial charge < -0.3 is 5.32 Å². The number of thioether (sulfide) groups is 1. The van der Waals surface area contributed by atoms with Crippen molar-refractivity contribution in [3.8, 4) is 11.4 Å². The average Bonchev–Trinajstić information content (AvgIpc) is 3.01. The van der Waals surface area contributed by atoms with Crippen molar-refractivity contribution in [3.05, 3.63) is 55.1 Å². The summed E-state index contributed by atoms with van der Waals surface area (Å²) in [6.45, 7) is 16.9. The van der Waals surface area contributed by atoms with E-state index in [0.29, 0.717) is 18.2 Å². The normalized spacial score (nSPS) is 12.4. The number of allylic oxidation sites excluding steroid dienone is 1. The first kappa shape index (κ1) is 21.0. The molecule has 5 nitrogen and oxygen atoms in total. The number of carbonyl (C=O) groups is 1. The van der Waals surface area contributed by atoms with Gasteiger partial charge in [0.15, 0.2) is 11.0 Å². The molecule has 1 heterocycles. The first-order valence-electron chi connectivity index (χ1n) is 8.98. The van der Waals surface area contributed by atoms with Crippen LogP contribution in [-0.2, 0) is 16.8 Å². The van der Waals surface area contributed by atoms with Crippen LogP contribution in [0, 0.1) is 0 Å². The van der Waals surface area contributed by atoms with E-state index in [9.17, 15) is 4.79 Å². The number of aromatic nitrogens is 3. The molecule has 0 fully saturated rings. The van der Waals surface area contributed by atoms with Gasteiger partial charge >= 0.3 is 0 Å². The average molecular weight is 385 g/mol. The van der Waals surface area contributed by atoms with Crippen LogP contribution in [0.25, 0.3) is 11.4 Å². The first-order chi connectivity index (χ1) is 12.8. The Balaban J connectivity index is 2.27. The van der Waals surface area contributed by atoms with E-state index in [1.807, 2.05) is 17.6 Å². The van der Waals surface area contributed by atoms with E-state index in [-0.39, 0.29) is 16.6 Å². The fraction of sp³-hybridized carbons (Fsp3) is 0.381. The zero-order valence-electron chi connectivity index (χ0n) is 16.5. The van der Waals surface area contributed by atoms with Crippen molar-refractivity contribution >= 4 is 17.7 Å². The summed E-state index contributed by atoms with van der Waals surface area (Å²) in [4.78, 5) is 12.1. The third kappa shape index (κ3) is 5.32. The Bertz CT molecular complexity index is 803. The first-order valence-corrected chi connectivity index (χ1v) is 9.86. The Morgan fingerprint density at radius 1 is 1.22 bits per heavy atom. The summed E-state index contributed by atoms with van der Waals surface area (Å²) in [5.41, 5.74) is 2.36. The number of hydrogen-bond acceptors (Lipinski definition) is 4. The molecule has 1 aromatic carbocycles. The van der Waals surface area contributed by atoms with Crippen LogP contribution in [0.2, 0.25) is 0 Å². The van der Waals surface area contributed by atoms with Crippen LogP contribution >= 0.6 is 11.8 Å². The highest BCUT2D eigenvalue weighted by atomic mass is 32.2. The largest absolute Gasteiger partial charge is 0.352 e. The molecule has 0 spiro atoms. The van der Waals surface area contributed by atoms with E-state index in [1.165, 1.54) is 17.3 Å². The monoisotopic (exact) mass is 384 g/mol. The second-order valence-electron chi connectivity index (χ2n) is 7.33. The van der Waals surface area contributed by atoms with Gasteiger partial charge in [0, 0.05) is 18.7 Å². The smallest absolute Gasteiger partial charge is 0.233 e. The minimum absolute atomic E-state index is 0.0517. The maximum atomic E-state index is 12.1. The summed E-state index contributed by atoms with van der Waals surface area (Å²) in [6, 6.07) is 8.39. The van der Waals surface area contributed by atoms with E-state index in [4.69, 9.17) is 0 Å². The molecule has 1 amide bonds. The molecule has 1 N–H and O–H groups in total. The number of rotatable bonds is 8. The maximum absolute atomic E-state index is 12.1. The lowest BCUT2D eigenvalue weighted by Gasteiger charge is -2.19. The molecular weight excluding hydrogens is 356 g/mol. The summed E-state index contributed by atoms with van der Waals surface area (Å²) < 4.78 is 1.99. The van der Waals surface area contributed by atoms with E-state index in [2.05, 4.69) is 73.7 Å². The fourth-order valence-electron chi connectivity index (χ4n) is 2.53. The van der Waals surface area contributed by atoms with Crippen molar-refractivity contribution < 1.29 is 4.79 Å². The maximum Gasteiger partial charge on any atom is 0.233 e. The Labute approximate surface area is 166 Å². The van der Waals surface area contributed by atoms with Crippen molar-refractivity contribution in [2.45, 2.75) is 50.1 Å². The Hall–Kier alpha value is -2.34. The Morgan fingerprint density at radius 2 is 1.89 bits per heavy atom. The van der Waals surface area contributed by atoms with Crippen LogP contribution < -0.4 is 5.32 Å². The van der Waals surface area contributed by atoms with Crippen molar-refractivity contribution in [2.75, 3.05) is 6.54 Å². The highest BCUT2D eigenvalue weighted by Gasteiger charge is 2.20. The van der Waals surface area contributed by atoms with Gasteiger partial charge in [-0.1, -0.05) is 69.0 Å². The number of benzene rings is 1. The predicted octanol–water partition coefficient (Wildman–Crippen LogP) is 4.21. The topological polar surface area (TPSA) is 59.8 Å². The lowest BCUT2D eigenvalue weighted by molar-refractivity contribution is -0.120. The number of hydrogen-bond donors (Lipinski definition) is 1. The number of amides is 1. The van der Waals surface area contributed by atoms with Gasteiger partial charge in [0.2, 0.25) is 5.91 Å². The van der Waals surface area contributed by atoms with Crippen molar-refractivity contribution in [3.63, 3.8) is 0 Å². The minimum atomic E-state index is -0.283. The summed E-state index contributed by atoms with van der Waals surface area (Å²) in [5.74, 6) is 0.723. The predicted molar refractivity (Wildman–Crippen MR) is 113 cm³/mol. The van der Waals surface area contributed by atoms with E-state index in [1.54, 1.807) is 6.08 Å². The molecule has 0 aliphatic carbocycles. The summed E-state index contributed by atoms with van der Waals surface area (Å²) in [5, 5.41) is 11.9. The van der Waals surface area contributed by atoms with Crippen molar-refractivity contribution in [1.82, 2.24) is 20.1 Å². The van der Waals surface area contributed by atoms with Crippen LogP contribution in [0.5, 0.6) is 0 Å². The molecule has 1 atom stereocenters. The van der Waals surface area contributed by atoms with Crippen LogP contribution in [0.4, 0.5) is 0 Å². The summed E-state index contributed by atoms with van der Waals surface area (Å²) in [7, 11) is 0. The second-order valence-corrected chi connectivity index (χ2v) is 8.63. The number of nitrogens with zero attached hydrogens (tertiary/aromatic N) is 3. The van der Waals surface area contributed by atoms with E-state index in [0.717, 1.165) is 11.4 Å². The zero-order valence-corrected chi connectivity index (χ0v) is 17.3. The Morgan fingerprint density at radius 3 is 2.44 bits per heavy atom. The van der Waals surface area contributed by atoms with Gasteiger partial charge in [-0.25, -0.2) is 0 Å². The molecule has 144 valence electrons. The lowest BCUT2D eigenvalue weighted by Crippen LogP contribution is -2.31. The third-order valence-electron chi connectivity index (χ3n) is 4.11. The SMILES string of the molecule is C=CCNC(=O)[C@@H](C)Sc1nnc(-c2ccc(C(C)(C)C)cc2)n1CC=C. The lowest BCUT2D eigenvalue weighted by atomic mass is 9.87. The molecular formula is C21H28N4OS. The van der Waals surface area contributed by atoms with Crippen LogP contribution in [0.1, 0.15) is 33.3 Å². The standard InChI is InChI=1S/C21H28N4OS/c1-7-13-22-19(26)15(3)27-20-24-23-18(25(20)14-8-2)16-9-11-17(12-10-16)21(4,5)6/h7-12,15H,1-2,13-14H2,3-6H3,(H,22,26)/t15-/m1/s1. The van der Waals surface area contributed by atoms with E-state index >= 15 is 0 Å². The fourth-order valence-corrected chi connectivity index (χ4v) is 3.41. The molecule has 0 aliphatic rings. The molecule has 0 saturated heterocycles. The molecule has 0 bridgehead atoms. The van der Waals surface area contributed by atoms with Gasteiger partial charge in [0.05, 0.1) is 5.25 Å². The van der Waals surface area contributed by atoms with E-state index < -0.39 is 0 Å². The van der Waals surface area contributed by atoms with Crippen molar-refractivity contribution in [2.24, 2.45) is 0 Å². The molecule has 6 heteroatoms. The minimum Gasteiger partial charge on any atom is -0.352 e. The molecule has 0 aliphatic heterocycles. The third-order valence-corrected chi connectivity index (χ3v) is 5.19. The quantitative estimate of drug-likeness (QED) is 0.547. The van der Waals surface area contributed by atoms with Crippen LogP contribution in [0.15, 0.2) is 54.7 Å². The number of carbonyl (C=O) groups excluding carboxylic acids is 1. The van der Waals surface area contributed by atoms with Crippen LogP contribution in [-0.4, -0.2) is 32.5 Å². The van der Waals surface area contributed by atoms with Crippen LogP contribution in [0.3, 0.4) is 0 Å². The molecule has 27 heavy (non-hydrogen) atoms. The van der Waals surface area contributed by atoms with Gasteiger partial charge in [-0.2, -0.15) is 0 Å². The van der Waals surface area contributed by atoms with Gasteiger partial charge in [-0.3, -0.25) is 9.36 Å². The van der Waals surface area contributed by atoms with Gasteiger partial charge in [-0.05, 0) is 17.9 Å².